The van der Waals surface area contributed by atoms with Crippen molar-refractivity contribution in [2.45, 2.75) is 83.5 Å². The summed E-state index contributed by atoms with van der Waals surface area (Å²) in [5.74, 6) is 0.934. The van der Waals surface area contributed by atoms with Crippen molar-refractivity contribution in [3.8, 4) is 0 Å². The Bertz CT molecular complexity index is 533. The molecule has 0 bridgehead atoms. The van der Waals surface area contributed by atoms with E-state index in [0.29, 0.717) is 6.04 Å². The van der Waals surface area contributed by atoms with E-state index in [1.165, 1.54) is 19.3 Å². The summed E-state index contributed by atoms with van der Waals surface area (Å²) in [7, 11) is 0. The summed E-state index contributed by atoms with van der Waals surface area (Å²) in [5, 5.41) is 18.3. The summed E-state index contributed by atoms with van der Waals surface area (Å²) in [6, 6.07) is 0.648. The number of nitrogens with zero attached hydrogens (tertiary/aromatic N) is 5. The first-order chi connectivity index (χ1) is 12.2. The SMILES string of the molecule is CCCn1nnnc1CN1CCC(NC(=O)NC2CCCCC2)CC1. The van der Waals surface area contributed by atoms with Crippen molar-refractivity contribution < 1.29 is 4.79 Å². The van der Waals surface area contributed by atoms with E-state index in [1.54, 1.807) is 0 Å². The van der Waals surface area contributed by atoms with Crippen molar-refractivity contribution in [3.63, 3.8) is 0 Å². The maximum Gasteiger partial charge on any atom is 0.315 e. The Labute approximate surface area is 149 Å². The molecule has 1 aromatic heterocycles. The van der Waals surface area contributed by atoms with Crippen LogP contribution in [0.4, 0.5) is 4.79 Å². The van der Waals surface area contributed by atoms with Gasteiger partial charge in [-0.25, -0.2) is 9.48 Å². The third-order valence-electron chi connectivity index (χ3n) is 5.27. The van der Waals surface area contributed by atoms with E-state index in [0.717, 1.165) is 64.1 Å². The van der Waals surface area contributed by atoms with E-state index < -0.39 is 0 Å². The Morgan fingerprint density at radius 3 is 2.44 bits per heavy atom. The van der Waals surface area contributed by atoms with Gasteiger partial charge in [-0.15, -0.1) is 5.10 Å². The molecule has 0 aromatic carbocycles. The highest BCUT2D eigenvalue weighted by Crippen LogP contribution is 2.17. The molecular weight excluding hydrogens is 318 g/mol. The van der Waals surface area contributed by atoms with Gasteiger partial charge in [0, 0.05) is 31.7 Å². The van der Waals surface area contributed by atoms with Crippen LogP contribution in [0.25, 0.3) is 0 Å². The Balaban J connectivity index is 1.38. The van der Waals surface area contributed by atoms with Crippen molar-refractivity contribution in [1.82, 2.24) is 35.7 Å². The largest absolute Gasteiger partial charge is 0.335 e. The first-order valence-electron chi connectivity index (χ1n) is 9.79. The molecule has 2 fully saturated rings. The summed E-state index contributed by atoms with van der Waals surface area (Å²) in [6.45, 7) is 5.71. The number of piperidine rings is 1. The number of aryl methyl sites for hydroxylation is 1. The fraction of sp³-hybridized carbons (Fsp3) is 0.882. The number of nitrogens with one attached hydrogen (secondary N) is 2. The Morgan fingerprint density at radius 1 is 1.08 bits per heavy atom. The third-order valence-corrected chi connectivity index (χ3v) is 5.27. The van der Waals surface area contributed by atoms with Gasteiger partial charge in [0.15, 0.2) is 5.82 Å². The van der Waals surface area contributed by atoms with Crippen molar-refractivity contribution in [3.05, 3.63) is 5.82 Å². The molecule has 0 atom stereocenters. The van der Waals surface area contributed by atoms with E-state index in [-0.39, 0.29) is 12.1 Å². The quantitative estimate of drug-likeness (QED) is 0.816. The van der Waals surface area contributed by atoms with Gasteiger partial charge in [-0.1, -0.05) is 26.2 Å². The number of carbonyl (C=O) groups excluding carboxylic acids is 1. The van der Waals surface area contributed by atoms with Gasteiger partial charge >= 0.3 is 6.03 Å². The Hall–Kier alpha value is -1.70. The van der Waals surface area contributed by atoms with Gasteiger partial charge in [-0.2, -0.15) is 0 Å². The maximum absolute atomic E-state index is 12.2. The molecule has 25 heavy (non-hydrogen) atoms. The van der Waals surface area contributed by atoms with Crippen LogP contribution >= 0.6 is 0 Å². The summed E-state index contributed by atoms with van der Waals surface area (Å²) < 4.78 is 1.89. The average Bonchev–Trinajstić information content (AvgIpc) is 3.05. The zero-order valence-corrected chi connectivity index (χ0v) is 15.3. The molecule has 2 heterocycles. The lowest BCUT2D eigenvalue weighted by Crippen LogP contribution is -2.50. The van der Waals surface area contributed by atoms with Crippen LogP contribution in [0.2, 0.25) is 0 Å². The molecule has 3 rings (SSSR count). The number of tetrazole rings is 1. The van der Waals surface area contributed by atoms with Crippen LogP contribution in [0.15, 0.2) is 0 Å². The number of aromatic nitrogens is 4. The summed E-state index contributed by atoms with van der Waals surface area (Å²) in [4.78, 5) is 14.5. The van der Waals surface area contributed by atoms with Crippen molar-refractivity contribution in [2.24, 2.45) is 0 Å². The summed E-state index contributed by atoms with van der Waals surface area (Å²) in [6.07, 6.45) is 9.01. The van der Waals surface area contributed by atoms with E-state index in [1.807, 2.05) is 4.68 Å². The monoisotopic (exact) mass is 349 g/mol. The van der Waals surface area contributed by atoms with Gasteiger partial charge in [-0.3, -0.25) is 4.90 Å². The molecular formula is C17H31N7O. The molecule has 1 saturated heterocycles. The average molecular weight is 349 g/mol. The lowest BCUT2D eigenvalue weighted by molar-refractivity contribution is 0.179. The molecule has 8 heteroatoms. The lowest BCUT2D eigenvalue weighted by Gasteiger charge is -2.32. The van der Waals surface area contributed by atoms with Gasteiger partial charge in [0.05, 0.1) is 6.54 Å². The van der Waals surface area contributed by atoms with Gasteiger partial charge in [0.2, 0.25) is 0 Å². The van der Waals surface area contributed by atoms with Gasteiger partial charge in [0.25, 0.3) is 0 Å². The number of hydrogen-bond acceptors (Lipinski definition) is 5. The van der Waals surface area contributed by atoms with Crippen LogP contribution in [0, 0.1) is 0 Å². The minimum Gasteiger partial charge on any atom is -0.335 e. The zero-order chi connectivity index (χ0) is 17.5. The van der Waals surface area contributed by atoms with E-state index in [9.17, 15) is 4.79 Å². The minimum atomic E-state index is 0.0113. The van der Waals surface area contributed by atoms with Crippen LogP contribution in [0.1, 0.15) is 64.1 Å². The Kier molecular flexibility index (Phi) is 6.61. The van der Waals surface area contributed by atoms with E-state index >= 15 is 0 Å². The lowest BCUT2D eigenvalue weighted by atomic mass is 9.96. The fourth-order valence-corrected chi connectivity index (χ4v) is 3.82. The Morgan fingerprint density at radius 2 is 1.76 bits per heavy atom. The van der Waals surface area contributed by atoms with Crippen LogP contribution < -0.4 is 10.6 Å². The topological polar surface area (TPSA) is 88.0 Å². The van der Waals surface area contributed by atoms with Crippen LogP contribution in [0.5, 0.6) is 0 Å². The predicted molar refractivity (Wildman–Crippen MR) is 94.9 cm³/mol. The van der Waals surface area contributed by atoms with Crippen LogP contribution in [-0.4, -0.2) is 56.3 Å². The smallest absolute Gasteiger partial charge is 0.315 e. The highest BCUT2D eigenvalue weighted by Gasteiger charge is 2.23. The second kappa shape index (κ2) is 9.12. The molecule has 2 aliphatic rings. The normalized spacial score (nSPS) is 20.5. The highest BCUT2D eigenvalue weighted by molar-refractivity contribution is 5.74. The second-order valence-corrected chi connectivity index (χ2v) is 7.32. The predicted octanol–water partition coefficient (Wildman–Crippen LogP) is 1.68. The molecule has 1 aliphatic carbocycles. The first kappa shape index (κ1) is 18.1. The molecule has 8 nitrogen and oxygen atoms in total. The molecule has 0 radical (unpaired) electrons. The number of rotatable bonds is 6. The molecule has 1 aromatic rings. The summed E-state index contributed by atoms with van der Waals surface area (Å²) in [5.41, 5.74) is 0. The van der Waals surface area contributed by atoms with Crippen LogP contribution in [-0.2, 0) is 13.1 Å². The molecule has 140 valence electrons. The fourth-order valence-electron chi connectivity index (χ4n) is 3.82. The van der Waals surface area contributed by atoms with Crippen LogP contribution in [0.3, 0.4) is 0 Å². The standard InChI is InChI=1S/C17H31N7O/c1-2-10-24-16(20-21-22-24)13-23-11-8-15(9-12-23)19-17(25)18-14-6-4-3-5-7-14/h14-15H,2-13H2,1H3,(H2,18,19,25). The minimum absolute atomic E-state index is 0.0113. The zero-order valence-electron chi connectivity index (χ0n) is 15.3. The number of likely N-dealkylation sites (tertiary alicyclic amines) is 1. The molecule has 2 N–H and O–H groups in total. The van der Waals surface area contributed by atoms with Gasteiger partial charge in [0.1, 0.15) is 0 Å². The number of urea groups is 1. The number of carbonyl (C=O) groups is 1. The molecule has 1 saturated carbocycles. The van der Waals surface area contributed by atoms with Crippen molar-refractivity contribution >= 4 is 6.03 Å². The van der Waals surface area contributed by atoms with E-state index in [4.69, 9.17) is 0 Å². The second-order valence-electron chi connectivity index (χ2n) is 7.32. The number of hydrogen-bond donors (Lipinski definition) is 2. The third kappa shape index (κ3) is 5.39. The molecule has 1 aliphatic heterocycles. The number of amides is 2. The maximum atomic E-state index is 12.2. The molecule has 2 amide bonds. The summed E-state index contributed by atoms with van der Waals surface area (Å²) >= 11 is 0. The molecule has 0 spiro atoms. The molecule has 0 unspecified atom stereocenters. The van der Waals surface area contributed by atoms with Gasteiger partial charge < -0.3 is 10.6 Å². The van der Waals surface area contributed by atoms with Crippen molar-refractivity contribution in [2.75, 3.05) is 13.1 Å². The van der Waals surface area contributed by atoms with Crippen molar-refractivity contribution in [1.29, 1.82) is 0 Å². The first-order valence-corrected chi connectivity index (χ1v) is 9.79. The van der Waals surface area contributed by atoms with E-state index in [2.05, 4.69) is 38.0 Å². The highest BCUT2D eigenvalue weighted by atomic mass is 16.2. The van der Waals surface area contributed by atoms with Gasteiger partial charge in [-0.05, 0) is 42.5 Å².